The first-order valence-corrected chi connectivity index (χ1v) is 14.1. The zero-order chi connectivity index (χ0) is 24.8. The van der Waals surface area contributed by atoms with Crippen molar-refractivity contribution in [2.75, 3.05) is 26.2 Å². The minimum absolute atomic E-state index is 0.250. The molecule has 36 heavy (non-hydrogen) atoms. The van der Waals surface area contributed by atoms with Gasteiger partial charge in [0.1, 0.15) is 0 Å². The van der Waals surface area contributed by atoms with Gasteiger partial charge in [-0.15, -0.1) is 0 Å². The van der Waals surface area contributed by atoms with Gasteiger partial charge in [-0.1, -0.05) is 91.0 Å². The maximum absolute atomic E-state index is 13.5. The molecular formula is C30H33N3O2S. The Kier molecular flexibility index (Phi) is 7.78. The van der Waals surface area contributed by atoms with Crippen LogP contribution >= 0.6 is 0 Å². The quantitative estimate of drug-likeness (QED) is 0.362. The number of piperazine rings is 1. The minimum atomic E-state index is -3.69. The second-order valence-electron chi connectivity index (χ2n) is 9.56. The molecule has 5 nitrogen and oxygen atoms in total. The Hall–Kier alpha value is -3.03. The molecule has 0 spiro atoms. The highest BCUT2D eigenvalue weighted by Crippen LogP contribution is 2.20. The summed E-state index contributed by atoms with van der Waals surface area (Å²) in [4.78, 5) is 2.75. The average Bonchev–Trinajstić information content (AvgIpc) is 2.90. The molecule has 4 aromatic carbocycles. The predicted molar refractivity (Wildman–Crippen MR) is 147 cm³/mol. The summed E-state index contributed by atoms with van der Waals surface area (Å²) >= 11 is 0. The zero-order valence-corrected chi connectivity index (χ0v) is 21.2. The summed E-state index contributed by atoms with van der Waals surface area (Å²) in [6, 6.07) is 33.9. The third-order valence-electron chi connectivity index (χ3n) is 6.92. The fraction of sp³-hybridized carbons (Fsp3) is 0.267. The number of fused-ring (bicyclic) bond motifs is 1. The van der Waals surface area contributed by atoms with E-state index in [1.807, 2.05) is 54.6 Å². The van der Waals surface area contributed by atoms with Crippen molar-refractivity contribution in [1.29, 1.82) is 0 Å². The molecule has 0 aliphatic carbocycles. The molecule has 2 atom stereocenters. The van der Waals surface area contributed by atoms with Crippen LogP contribution in [0.4, 0.5) is 0 Å². The van der Waals surface area contributed by atoms with E-state index < -0.39 is 10.0 Å². The zero-order valence-electron chi connectivity index (χ0n) is 20.4. The van der Waals surface area contributed by atoms with Crippen molar-refractivity contribution in [2.45, 2.75) is 29.8 Å². The fourth-order valence-corrected chi connectivity index (χ4v) is 6.34. The van der Waals surface area contributed by atoms with Crippen LogP contribution in [0.3, 0.4) is 0 Å². The lowest BCUT2D eigenvalue weighted by Gasteiger charge is -2.38. The molecule has 0 bridgehead atoms. The van der Waals surface area contributed by atoms with Crippen LogP contribution in [0.25, 0.3) is 10.8 Å². The van der Waals surface area contributed by atoms with E-state index in [4.69, 9.17) is 0 Å². The van der Waals surface area contributed by atoms with E-state index in [9.17, 15) is 8.42 Å². The summed E-state index contributed by atoms with van der Waals surface area (Å²) in [5.41, 5.74) is 2.42. The molecule has 0 radical (unpaired) electrons. The molecule has 1 aliphatic heterocycles. The van der Waals surface area contributed by atoms with Gasteiger partial charge in [-0.05, 0) is 46.9 Å². The Balaban J connectivity index is 1.38. The van der Waals surface area contributed by atoms with Crippen LogP contribution < -0.4 is 10.0 Å². The van der Waals surface area contributed by atoms with Gasteiger partial charge in [-0.25, -0.2) is 13.1 Å². The SMILES string of the molecule is O=S(=O)(N[C@@H](Cc1ccccc1)CN1CCNC[C@@H]1Cc1ccccc1)c1ccc2ccccc2c1. The molecular weight excluding hydrogens is 466 g/mol. The maximum Gasteiger partial charge on any atom is 0.240 e. The van der Waals surface area contributed by atoms with Crippen molar-refractivity contribution < 1.29 is 8.42 Å². The first kappa shape index (κ1) is 24.7. The second kappa shape index (κ2) is 11.4. The van der Waals surface area contributed by atoms with Crippen molar-refractivity contribution in [3.05, 3.63) is 114 Å². The molecule has 1 aliphatic rings. The summed E-state index contributed by atoms with van der Waals surface area (Å²) in [6.07, 6.45) is 1.57. The minimum Gasteiger partial charge on any atom is -0.314 e. The molecule has 0 aromatic heterocycles. The lowest BCUT2D eigenvalue weighted by molar-refractivity contribution is 0.148. The Morgan fingerprint density at radius 3 is 2.25 bits per heavy atom. The van der Waals surface area contributed by atoms with Gasteiger partial charge in [0.2, 0.25) is 10.0 Å². The summed E-state index contributed by atoms with van der Waals surface area (Å²) in [6.45, 7) is 3.34. The Morgan fingerprint density at radius 2 is 1.50 bits per heavy atom. The Labute approximate surface area is 214 Å². The van der Waals surface area contributed by atoms with Crippen LogP contribution in [0.15, 0.2) is 108 Å². The van der Waals surface area contributed by atoms with E-state index in [0.717, 1.165) is 42.4 Å². The van der Waals surface area contributed by atoms with Gasteiger partial charge < -0.3 is 5.32 Å². The topological polar surface area (TPSA) is 61.4 Å². The lowest BCUT2D eigenvalue weighted by atomic mass is 10.0. The van der Waals surface area contributed by atoms with E-state index in [2.05, 4.69) is 51.3 Å². The van der Waals surface area contributed by atoms with Crippen molar-refractivity contribution in [2.24, 2.45) is 0 Å². The molecule has 4 aromatic rings. The number of nitrogens with zero attached hydrogens (tertiary/aromatic N) is 1. The number of hydrogen-bond donors (Lipinski definition) is 2. The van der Waals surface area contributed by atoms with E-state index in [1.165, 1.54) is 5.56 Å². The predicted octanol–water partition coefficient (Wildman–Crippen LogP) is 4.25. The van der Waals surface area contributed by atoms with Gasteiger partial charge >= 0.3 is 0 Å². The van der Waals surface area contributed by atoms with Crippen LogP contribution in [0.1, 0.15) is 11.1 Å². The number of hydrogen-bond acceptors (Lipinski definition) is 4. The van der Waals surface area contributed by atoms with E-state index in [1.54, 1.807) is 12.1 Å². The van der Waals surface area contributed by atoms with E-state index in [0.29, 0.717) is 23.9 Å². The average molecular weight is 500 g/mol. The molecule has 2 N–H and O–H groups in total. The molecule has 1 saturated heterocycles. The maximum atomic E-state index is 13.5. The van der Waals surface area contributed by atoms with Gasteiger partial charge in [0.15, 0.2) is 0 Å². The Morgan fingerprint density at radius 1 is 0.833 bits per heavy atom. The van der Waals surface area contributed by atoms with Gasteiger partial charge in [0.25, 0.3) is 0 Å². The number of nitrogens with one attached hydrogen (secondary N) is 2. The first-order valence-electron chi connectivity index (χ1n) is 12.6. The molecule has 0 saturated carbocycles. The summed E-state index contributed by atoms with van der Waals surface area (Å²) < 4.78 is 30.2. The molecule has 6 heteroatoms. The first-order chi connectivity index (χ1) is 17.6. The molecule has 186 valence electrons. The van der Waals surface area contributed by atoms with Crippen molar-refractivity contribution >= 4 is 20.8 Å². The summed E-state index contributed by atoms with van der Waals surface area (Å²) in [7, 11) is -3.69. The van der Waals surface area contributed by atoms with E-state index in [-0.39, 0.29) is 6.04 Å². The van der Waals surface area contributed by atoms with Gasteiger partial charge in [-0.2, -0.15) is 0 Å². The largest absolute Gasteiger partial charge is 0.314 e. The summed E-state index contributed by atoms with van der Waals surface area (Å²) in [5, 5.41) is 5.47. The van der Waals surface area contributed by atoms with Gasteiger partial charge in [-0.3, -0.25) is 4.90 Å². The summed E-state index contributed by atoms with van der Waals surface area (Å²) in [5.74, 6) is 0. The molecule has 1 fully saturated rings. The number of benzene rings is 4. The highest BCUT2D eigenvalue weighted by Gasteiger charge is 2.28. The van der Waals surface area contributed by atoms with Crippen molar-refractivity contribution in [3.8, 4) is 0 Å². The third kappa shape index (κ3) is 6.20. The smallest absolute Gasteiger partial charge is 0.240 e. The standard InChI is InChI=1S/C30H33N3O2S/c34-36(35,30-16-15-26-13-7-8-14-27(26)21-30)32-28(19-24-9-3-1-4-10-24)23-33-18-17-31-22-29(33)20-25-11-5-2-6-12-25/h1-16,21,28-29,31-32H,17-20,22-23H2/t28-,29-/m0/s1. The molecule has 5 rings (SSSR count). The van der Waals surface area contributed by atoms with Crippen LogP contribution in [-0.4, -0.2) is 51.6 Å². The lowest BCUT2D eigenvalue weighted by Crippen LogP contribution is -2.56. The normalized spacial score (nSPS) is 17.7. The number of sulfonamides is 1. The van der Waals surface area contributed by atoms with Crippen molar-refractivity contribution in [1.82, 2.24) is 14.9 Å². The molecule has 0 unspecified atom stereocenters. The van der Waals surface area contributed by atoms with Gasteiger partial charge in [0.05, 0.1) is 4.90 Å². The van der Waals surface area contributed by atoms with Crippen LogP contribution in [-0.2, 0) is 22.9 Å². The van der Waals surface area contributed by atoms with Crippen molar-refractivity contribution in [3.63, 3.8) is 0 Å². The molecule has 1 heterocycles. The van der Waals surface area contributed by atoms with Crippen LogP contribution in [0, 0.1) is 0 Å². The van der Waals surface area contributed by atoms with E-state index >= 15 is 0 Å². The fourth-order valence-electron chi connectivity index (χ4n) is 5.08. The monoisotopic (exact) mass is 499 g/mol. The van der Waals surface area contributed by atoms with Crippen LogP contribution in [0.5, 0.6) is 0 Å². The highest BCUT2D eigenvalue weighted by molar-refractivity contribution is 7.89. The Bertz CT molecular complexity index is 1380. The molecule has 0 amide bonds. The second-order valence-corrected chi connectivity index (χ2v) is 11.3. The van der Waals surface area contributed by atoms with Crippen LogP contribution in [0.2, 0.25) is 0 Å². The number of rotatable bonds is 9. The third-order valence-corrected chi connectivity index (χ3v) is 8.44. The van der Waals surface area contributed by atoms with Gasteiger partial charge in [0, 0.05) is 38.3 Å². The highest BCUT2D eigenvalue weighted by atomic mass is 32.2.